The lowest BCUT2D eigenvalue weighted by Crippen LogP contribution is -2.07. The molecule has 1 atom stereocenters. The smallest absolute Gasteiger partial charge is 0.0300 e. The van der Waals surface area contributed by atoms with Crippen LogP contribution in [0.2, 0.25) is 0 Å². The van der Waals surface area contributed by atoms with Crippen molar-refractivity contribution in [1.82, 2.24) is 5.32 Å². The summed E-state index contributed by atoms with van der Waals surface area (Å²) < 4.78 is 0. The zero-order valence-electron chi connectivity index (χ0n) is 7.02. The molecule has 58 valence electrons. The number of benzene rings is 1. The Morgan fingerprint density at radius 3 is 3.00 bits per heavy atom. The highest BCUT2D eigenvalue weighted by molar-refractivity contribution is 5.39. The number of hydrogen-bond acceptors (Lipinski definition) is 1. The summed E-state index contributed by atoms with van der Waals surface area (Å²) in [5.74, 6) is 0. The first-order chi connectivity index (χ1) is 5.29. The van der Waals surface area contributed by atoms with Gasteiger partial charge >= 0.3 is 0 Å². The van der Waals surface area contributed by atoms with Crippen LogP contribution in [0.15, 0.2) is 18.2 Å². The molecule has 1 nitrogen and oxygen atoms in total. The fourth-order valence-electron chi connectivity index (χ4n) is 1.88. The molecule has 1 aliphatic heterocycles. The van der Waals surface area contributed by atoms with Crippen LogP contribution in [0.1, 0.15) is 29.7 Å². The van der Waals surface area contributed by atoms with E-state index in [1.54, 1.807) is 0 Å². The van der Waals surface area contributed by atoms with Gasteiger partial charge in [0.15, 0.2) is 0 Å². The molecule has 0 spiro atoms. The van der Waals surface area contributed by atoms with Crippen molar-refractivity contribution in [2.45, 2.75) is 26.4 Å². The summed E-state index contributed by atoms with van der Waals surface area (Å²) in [6.07, 6.45) is 0. The summed E-state index contributed by atoms with van der Waals surface area (Å²) >= 11 is 0. The molecule has 0 aliphatic carbocycles. The standard InChI is InChI=1S/C10H13N/c1-7-4-3-5-9-6-11-8(2)10(7)9/h3-5,8,11H,6H2,1-2H3. The van der Waals surface area contributed by atoms with Gasteiger partial charge in [0, 0.05) is 12.6 Å². The molecule has 1 heteroatoms. The van der Waals surface area contributed by atoms with E-state index in [0.717, 1.165) is 6.54 Å². The van der Waals surface area contributed by atoms with Gasteiger partial charge < -0.3 is 5.32 Å². The van der Waals surface area contributed by atoms with Crippen LogP contribution in [0.5, 0.6) is 0 Å². The Kier molecular flexibility index (Phi) is 1.46. The van der Waals surface area contributed by atoms with Crippen LogP contribution in [-0.2, 0) is 6.54 Å². The molecule has 0 aromatic heterocycles. The highest BCUT2D eigenvalue weighted by atomic mass is 14.9. The third-order valence-corrected chi connectivity index (χ3v) is 2.45. The summed E-state index contributed by atoms with van der Waals surface area (Å²) in [6.45, 7) is 5.44. The SMILES string of the molecule is Cc1cccc2c1C(C)NC2. The Bertz CT molecular complexity index is 278. The second kappa shape index (κ2) is 2.35. The minimum Gasteiger partial charge on any atom is -0.306 e. The highest BCUT2D eigenvalue weighted by Crippen LogP contribution is 2.27. The maximum Gasteiger partial charge on any atom is 0.0300 e. The lowest BCUT2D eigenvalue weighted by Gasteiger charge is -2.07. The summed E-state index contributed by atoms with van der Waals surface area (Å²) in [4.78, 5) is 0. The zero-order chi connectivity index (χ0) is 7.84. The molecule has 1 aromatic rings. The van der Waals surface area contributed by atoms with E-state index in [0.29, 0.717) is 6.04 Å². The summed E-state index contributed by atoms with van der Waals surface area (Å²) in [5, 5.41) is 3.43. The minimum atomic E-state index is 0.547. The number of fused-ring (bicyclic) bond motifs is 1. The Balaban J connectivity index is 2.58. The van der Waals surface area contributed by atoms with E-state index in [1.807, 2.05) is 0 Å². The molecule has 1 heterocycles. The Morgan fingerprint density at radius 2 is 2.27 bits per heavy atom. The first-order valence-electron chi connectivity index (χ1n) is 4.11. The van der Waals surface area contributed by atoms with Crippen molar-refractivity contribution in [2.75, 3.05) is 0 Å². The third-order valence-electron chi connectivity index (χ3n) is 2.45. The van der Waals surface area contributed by atoms with Gasteiger partial charge in [0.2, 0.25) is 0 Å². The van der Waals surface area contributed by atoms with Crippen LogP contribution >= 0.6 is 0 Å². The van der Waals surface area contributed by atoms with Crippen LogP contribution in [-0.4, -0.2) is 0 Å². The van der Waals surface area contributed by atoms with Crippen molar-refractivity contribution in [3.8, 4) is 0 Å². The van der Waals surface area contributed by atoms with E-state index in [-0.39, 0.29) is 0 Å². The zero-order valence-corrected chi connectivity index (χ0v) is 7.02. The van der Waals surface area contributed by atoms with Gasteiger partial charge in [-0.25, -0.2) is 0 Å². The van der Waals surface area contributed by atoms with E-state index in [1.165, 1.54) is 16.7 Å². The van der Waals surface area contributed by atoms with Crippen LogP contribution in [0.4, 0.5) is 0 Å². The molecule has 0 amide bonds. The largest absolute Gasteiger partial charge is 0.306 e. The number of aryl methyl sites for hydroxylation is 1. The Morgan fingerprint density at radius 1 is 1.45 bits per heavy atom. The fraction of sp³-hybridized carbons (Fsp3) is 0.400. The molecule has 0 radical (unpaired) electrons. The van der Waals surface area contributed by atoms with Gasteiger partial charge in [-0.15, -0.1) is 0 Å². The molecule has 1 aliphatic rings. The van der Waals surface area contributed by atoms with Crippen molar-refractivity contribution < 1.29 is 0 Å². The average Bonchev–Trinajstić information content (AvgIpc) is 2.34. The Labute approximate surface area is 67.4 Å². The Hall–Kier alpha value is -0.820. The lowest BCUT2D eigenvalue weighted by atomic mass is 10.0. The molecule has 0 bridgehead atoms. The second-order valence-corrected chi connectivity index (χ2v) is 3.25. The average molecular weight is 147 g/mol. The molecule has 0 saturated heterocycles. The van der Waals surface area contributed by atoms with Gasteiger partial charge in [-0.3, -0.25) is 0 Å². The minimum absolute atomic E-state index is 0.547. The quantitative estimate of drug-likeness (QED) is 0.593. The van der Waals surface area contributed by atoms with E-state index in [4.69, 9.17) is 0 Å². The van der Waals surface area contributed by atoms with Crippen LogP contribution in [0.25, 0.3) is 0 Å². The van der Waals surface area contributed by atoms with Crippen molar-refractivity contribution in [1.29, 1.82) is 0 Å². The van der Waals surface area contributed by atoms with Crippen molar-refractivity contribution in [2.24, 2.45) is 0 Å². The highest BCUT2D eigenvalue weighted by Gasteiger charge is 2.18. The van der Waals surface area contributed by atoms with E-state index in [9.17, 15) is 0 Å². The molecule has 11 heavy (non-hydrogen) atoms. The van der Waals surface area contributed by atoms with Crippen molar-refractivity contribution in [3.63, 3.8) is 0 Å². The topological polar surface area (TPSA) is 12.0 Å². The van der Waals surface area contributed by atoms with Gasteiger partial charge in [-0.2, -0.15) is 0 Å². The summed E-state index contributed by atoms with van der Waals surface area (Å²) in [7, 11) is 0. The third kappa shape index (κ3) is 0.962. The molecule has 0 fully saturated rings. The van der Waals surface area contributed by atoms with Gasteiger partial charge in [0.05, 0.1) is 0 Å². The maximum absolute atomic E-state index is 3.43. The van der Waals surface area contributed by atoms with Crippen LogP contribution in [0.3, 0.4) is 0 Å². The van der Waals surface area contributed by atoms with Gasteiger partial charge in [0.1, 0.15) is 0 Å². The van der Waals surface area contributed by atoms with Gasteiger partial charge in [-0.05, 0) is 30.5 Å². The van der Waals surface area contributed by atoms with E-state index < -0.39 is 0 Å². The first-order valence-corrected chi connectivity index (χ1v) is 4.11. The molecule has 0 saturated carbocycles. The van der Waals surface area contributed by atoms with E-state index in [2.05, 4.69) is 37.4 Å². The number of nitrogens with one attached hydrogen (secondary N) is 1. The second-order valence-electron chi connectivity index (χ2n) is 3.25. The molecule has 1 N–H and O–H groups in total. The van der Waals surface area contributed by atoms with Crippen molar-refractivity contribution >= 4 is 0 Å². The molecule has 1 aromatic carbocycles. The molecular weight excluding hydrogens is 134 g/mol. The summed E-state index contributed by atoms with van der Waals surface area (Å²) in [6, 6.07) is 7.07. The molecular formula is C10H13N. The van der Waals surface area contributed by atoms with Gasteiger partial charge in [0.25, 0.3) is 0 Å². The monoisotopic (exact) mass is 147 g/mol. The van der Waals surface area contributed by atoms with E-state index >= 15 is 0 Å². The van der Waals surface area contributed by atoms with Crippen molar-refractivity contribution in [3.05, 3.63) is 34.9 Å². The lowest BCUT2D eigenvalue weighted by molar-refractivity contribution is 0.631. The predicted molar refractivity (Wildman–Crippen MR) is 46.4 cm³/mol. The normalized spacial score (nSPS) is 21.8. The maximum atomic E-state index is 3.43. The first kappa shape index (κ1) is 6.86. The summed E-state index contributed by atoms with van der Waals surface area (Å²) in [5.41, 5.74) is 4.39. The number of rotatable bonds is 0. The molecule has 2 rings (SSSR count). The van der Waals surface area contributed by atoms with Crippen LogP contribution < -0.4 is 5.32 Å². The molecule has 1 unspecified atom stereocenters. The fourth-order valence-corrected chi connectivity index (χ4v) is 1.88. The predicted octanol–water partition coefficient (Wildman–Crippen LogP) is 2.16. The number of hydrogen-bond donors (Lipinski definition) is 1. The van der Waals surface area contributed by atoms with Gasteiger partial charge in [-0.1, -0.05) is 18.2 Å². The van der Waals surface area contributed by atoms with Crippen LogP contribution in [0, 0.1) is 6.92 Å².